The Balaban J connectivity index is 1.71. The van der Waals surface area contributed by atoms with E-state index >= 15 is 0 Å². The first-order valence-electron chi connectivity index (χ1n) is 8.19. The lowest BCUT2D eigenvalue weighted by Gasteiger charge is -2.23. The molecule has 0 unspecified atom stereocenters. The van der Waals surface area contributed by atoms with Crippen molar-refractivity contribution in [1.82, 2.24) is 15.5 Å². The third kappa shape index (κ3) is 3.13. The fourth-order valence-electron chi connectivity index (χ4n) is 2.95. The topological polar surface area (TPSA) is 93.3 Å². The van der Waals surface area contributed by atoms with Crippen LogP contribution in [0.1, 0.15) is 28.0 Å². The fourth-order valence-corrected chi connectivity index (χ4v) is 2.95. The van der Waals surface area contributed by atoms with E-state index in [0.29, 0.717) is 19.0 Å². The summed E-state index contributed by atoms with van der Waals surface area (Å²) in [5.74, 6) is 1.17. The first-order chi connectivity index (χ1) is 12.2. The summed E-state index contributed by atoms with van der Waals surface area (Å²) in [4.78, 5) is 23.5. The SMILES string of the molecule is O=C(C=C1NCCc2cc3c(cc21)OCCCO3)c1ccc(=O)[nH]n1. The number of aromatic nitrogens is 2. The maximum atomic E-state index is 12.4. The van der Waals surface area contributed by atoms with Gasteiger partial charge >= 0.3 is 0 Å². The summed E-state index contributed by atoms with van der Waals surface area (Å²) in [6, 6.07) is 6.61. The van der Waals surface area contributed by atoms with Gasteiger partial charge in [-0.3, -0.25) is 9.59 Å². The van der Waals surface area contributed by atoms with E-state index in [0.717, 1.165) is 42.0 Å². The number of hydrogen-bond donors (Lipinski definition) is 2. The number of allylic oxidation sites excluding steroid dienone is 1. The molecular weight excluding hydrogens is 322 g/mol. The second kappa shape index (κ2) is 6.43. The highest BCUT2D eigenvalue weighted by molar-refractivity contribution is 6.07. The van der Waals surface area contributed by atoms with E-state index in [4.69, 9.17) is 9.47 Å². The molecule has 3 heterocycles. The molecule has 0 radical (unpaired) electrons. The number of H-pyrrole nitrogens is 1. The molecule has 0 saturated carbocycles. The largest absolute Gasteiger partial charge is 0.490 e. The standard InChI is InChI=1S/C18H17N3O4/c22-15(13-2-3-18(23)21-20-13)10-14-12-9-17-16(24-6-1-7-25-17)8-11(12)4-5-19-14/h2-3,8-10,19H,1,4-7H2,(H,21,23). The van der Waals surface area contributed by atoms with Gasteiger partial charge in [-0.2, -0.15) is 5.10 Å². The van der Waals surface area contributed by atoms with Crippen molar-refractivity contribution in [3.8, 4) is 11.5 Å². The summed E-state index contributed by atoms with van der Waals surface area (Å²) in [6.07, 6.45) is 3.19. The van der Waals surface area contributed by atoms with Crippen molar-refractivity contribution in [3.05, 3.63) is 57.5 Å². The van der Waals surface area contributed by atoms with Gasteiger partial charge in [-0.15, -0.1) is 0 Å². The van der Waals surface area contributed by atoms with Gasteiger partial charge in [0.05, 0.1) is 13.2 Å². The summed E-state index contributed by atoms with van der Waals surface area (Å²) < 4.78 is 11.5. The Morgan fingerprint density at radius 3 is 2.72 bits per heavy atom. The van der Waals surface area contributed by atoms with Crippen LogP contribution in [0.4, 0.5) is 0 Å². The molecule has 7 nitrogen and oxygen atoms in total. The lowest BCUT2D eigenvalue weighted by Crippen LogP contribution is -2.24. The average Bonchev–Trinajstić information content (AvgIpc) is 2.85. The minimum atomic E-state index is -0.342. The lowest BCUT2D eigenvalue weighted by molar-refractivity contribution is 0.104. The Kier molecular flexibility index (Phi) is 3.97. The van der Waals surface area contributed by atoms with E-state index in [2.05, 4.69) is 15.5 Å². The highest BCUT2D eigenvalue weighted by Crippen LogP contribution is 2.36. The minimum absolute atomic E-state index is 0.190. The van der Waals surface area contributed by atoms with Crippen molar-refractivity contribution in [2.45, 2.75) is 12.8 Å². The van der Waals surface area contributed by atoms with Crippen molar-refractivity contribution < 1.29 is 14.3 Å². The van der Waals surface area contributed by atoms with Gasteiger partial charge < -0.3 is 14.8 Å². The second-order valence-electron chi connectivity index (χ2n) is 5.91. The van der Waals surface area contributed by atoms with Gasteiger partial charge in [0, 0.05) is 36.4 Å². The third-order valence-electron chi connectivity index (χ3n) is 4.18. The summed E-state index contributed by atoms with van der Waals surface area (Å²) in [5.41, 5.74) is 2.60. The number of ether oxygens (including phenoxy) is 2. The number of nitrogens with one attached hydrogen (secondary N) is 2. The van der Waals surface area contributed by atoms with Crippen LogP contribution in [-0.2, 0) is 6.42 Å². The van der Waals surface area contributed by atoms with E-state index in [9.17, 15) is 9.59 Å². The first kappa shape index (κ1) is 15.4. The molecule has 0 atom stereocenters. The molecular formula is C18H17N3O4. The van der Waals surface area contributed by atoms with Crippen molar-refractivity contribution in [1.29, 1.82) is 0 Å². The summed E-state index contributed by atoms with van der Waals surface area (Å²) in [7, 11) is 0. The summed E-state index contributed by atoms with van der Waals surface area (Å²) >= 11 is 0. The van der Waals surface area contributed by atoms with Crippen LogP contribution in [0.15, 0.2) is 35.1 Å². The van der Waals surface area contributed by atoms with Crippen molar-refractivity contribution in [2.24, 2.45) is 0 Å². The van der Waals surface area contributed by atoms with Crippen LogP contribution in [0.25, 0.3) is 5.70 Å². The van der Waals surface area contributed by atoms with Crippen molar-refractivity contribution >= 4 is 11.5 Å². The molecule has 0 saturated heterocycles. The molecule has 1 aromatic carbocycles. The van der Waals surface area contributed by atoms with Crippen LogP contribution in [-0.4, -0.2) is 35.7 Å². The number of aromatic amines is 1. The number of ketones is 1. The van der Waals surface area contributed by atoms with Gasteiger partial charge in [0.2, 0.25) is 5.78 Å². The minimum Gasteiger partial charge on any atom is -0.490 e. The molecule has 128 valence electrons. The van der Waals surface area contributed by atoms with Crippen LogP contribution in [0.2, 0.25) is 0 Å². The van der Waals surface area contributed by atoms with Crippen molar-refractivity contribution in [3.63, 3.8) is 0 Å². The molecule has 0 aliphatic carbocycles. The molecule has 0 spiro atoms. The Morgan fingerprint density at radius 2 is 1.96 bits per heavy atom. The number of hydrogen-bond acceptors (Lipinski definition) is 6. The normalized spacial score (nSPS) is 17.4. The smallest absolute Gasteiger partial charge is 0.264 e. The summed E-state index contributed by atoms with van der Waals surface area (Å²) in [5, 5.41) is 9.30. The van der Waals surface area contributed by atoms with E-state index < -0.39 is 0 Å². The Morgan fingerprint density at radius 1 is 1.16 bits per heavy atom. The predicted molar refractivity (Wildman–Crippen MR) is 90.9 cm³/mol. The highest BCUT2D eigenvalue weighted by Gasteiger charge is 2.21. The van der Waals surface area contributed by atoms with Gasteiger partial charge in [0.1, 0.15) is 5.69 Å². The average molecular weight is 339 g/mol. The molecule has 7 heteroatoms. The Hall–Kier alpha value is -3.09. The molecule has 0 amide bonds. The van der Waals surface area contributed by atoms with E-state index in [1.165, 1.54) is 18.2 Å². The molecule has 0 bridgehead atoms. The van der Waals surface area contributed by atoms with Gasteiger partial charge in [-0.05, 0) is 30.2 Å². The maximum absolute atomic E-state index is 12.4. The lowest BCUT2D eigenvalue weighted by atomic mass is 9.96. The zero-order valence-electron chi connectivity index (χ0n) is 13.5. The molecule has 2 aliphatic rings. The molecule has 25 heavy (non-hydrogen) atoms. The number of carbonyl (C=O) groups excluding carboxylic acids is 1. The van der Waals surface area contributed by atoms with E-state index in [-0.39, 0.29) is 17.0 Å². The van der Waals surface area contributed by atoms with Gasteiger partial charge in [-0.1, -0.05) is 0 Å². The number of benzene rings is 1. The first-order valence-corrected chi connectivity index (χ1v) is 8.19. The third-order valence-corrected chi connectivity index (χ3v) is 4.18. The van der Waals surface area contributed by atoms with Gasteiger partial charge in [0.15, 0.2) is 11.5 Å². The zero-order chi connectivity index (χ0) is 17.2. The predicted octanol–water partition coefficient (Wildman–Crippen LogP) is 1.30. The number of nitrogens with zero attached hydrogens (tertiary/aromatic N) is 1. The van der Waals surface area contributed by atoms with Crippen LogP contribution < -0.4 is 20.3 Å². The molecule has 2 N–H and O–H groups in total. The van der Waals surface area contributed by atoms with Crippen molar-refractivity contribution in [2.75, 3.05) is 19.8 Å². The van der Waals surface area contributed by atoms with Crippen LogP contribution in [0, 0.1) is 0 Å². The second-order valence-corrected chi connectivity index (χ2v) is 5.91. The van der Waals surface area contributed by atoms with E-state index in [1.54, 1.807) is 0 Å². The Bertz CT molecular complexity index is 897. The number of fused-ring (bicyclic) bond motifs is 2. The number of rotatable bonds is 2. The zero-order valence-corrected chi connectivity index (χ0v) is 13.5. The molecule has 1 aromatic heterocycles. The van der Waals surface area contributed by atoms with Crippen LogP contribution in [0.5, 0.6) is 11.5 Å². The molecule has 2 aromatic rings. The molecule has 4 rings (SSSR count). The van der Waals surface area contributed by atoms with Crippen LogP contribution in [0.3, 0.4) is 0 Å². The van der Waals surface area contributed by atoms with Crippen LogP contribution >= 0.6 is 0 Å². The Labute approximate surface area is 143 Å². The maximum Gasteiger partial charge on any atom is 0.264 e. The number of carbonyl (C=O) groups is 1. The fraction of sp³-hybridized carbons (Fsp3) is 0.278. The van der Waals surface area contributed by atoms with Gasteiger partial charge in [0.25, 0.3) is 5.56 Å². The van der Waals surface area contributed by atoms with E-state index in [1.807, 2.05) is 12.1 Å². The quantitative estimate of drug-likeness (QED) is 0.633. The molecule has 2 aliphatic heterocycles. The summed E-state index contributed by atoms with van der Waals surface area (Å²) in [6.45, 7) is 1.98. The highest BCUT2D eigenvalue weighted by atomic mass is 16.5. The van der Waals surface area contributed by atoms with Gasteiger partial charge in [-0.25, -0.2) is 5.10 Å². The monoisotopic (exact) mass is 339 g/mol. The molecule has 0 fully saturated rings.